The quantitative estimate of drug-likeness (QED) is 0.310. The van der Waals surface area contributed by atoms with Gasteiger partial charge in [-0.3, -0.25) is 4.79 Å². The fourth-order valence-corrected chi connectivity index (χ4v) is 3.04. The minimum atomic E-state index is -0.259. The number of unbranched alkanes of at least 4 members (excludes halogenated alkanes) is 1. The van der Waals surface area contributed by atoms with Crippen LogP contribution in [0.5, 0.6) is 17.2 Å². The van der Waals surface area contributed by atoms with Crippen molar-refractivity contribution in [1.29, 1.82) is 0 Å². The Morgan fingerprint density at radius 3 is 2.10 bits per heavy atom. The first kappa shape index (κ1) is 22.4. The molecule has 0 aliphatic heterocycles. The van der Waals surface area contributed by atoms with Gasteiger partial charge in [-0.15, -0.1) is 0 Å². The second-order valence-corrected chi connectivity index (χ2v) is 7.34. The van der Waals surface area contributed by atoms with Gasteiger partial charge in [0, 0.05) is 6.04 Å². The van der Waals surface area contributed by atoms with E-state index in [1.165, 1.54) is 0 Å². The van der Waals surface area contributed by atoms with Gasteiger partial charge < -0.3 is 19.9 Å². The second kappa shape index (κ2) is 12.4. The molecule has 3 aromatic carbocycles. The lowest BCUT2D eigenvalue weighted by Crippen LogP contribution is -2.25. The van der Waals surface area contributed by atoms with E-state index in [0.717, 1.165) is 42.1 Å². The molecule has 0 bridgehead atoms. The molecule has 0 radical (unpaired) electrons. The third kappa shape index (κ3) is 8.52. The van der Waals surface area contributed by atoms with Crippen molar-refractivity contribution in [3.8, 4) is 17.2 Å². The first-order valence-corrected chi connectivity index (χ1v) is 10.6. The molecule has 3 aromatic rings. The van der Waals surface area contributed by atoms with E-state index >= 15 is 0 Å². The summed E-state index contributed by atoms with van der Waals surface area (Å²) in [5, 5.41) is 0. The second-order valence-electron chi connectivity index (χ2n) is 7.34. The summed E-state index contributed by atoms with van der Waals surface area (Å²) in [4.78, 5) is 11.9. The van der Waals surface area contributed by atoms with Gasteiger partial charge >= 0.3 is 5.97 Å². The van der Waals surface area contributed by atoms with Crippen molar-refractivity contribution in [2.45, 2.75) is 38.3 Å². The van der Waals surface area contributed by atoms with Gasteiger partial charge in [-0.1, -0.05) is 48.5 Å². The van der Waals surface area contributed by atoms with Gasteiger partial charge in [0.2, 0.25) is 0 Å². The molecule has 0 fully saturated rings. The van der Waals surface area contributed by atoms with Gasteiger partial charge in [-0.2, -0.15) is 0 Å². The van der Waals surface area contributed by atoms with Crippen molar-refractivity contribution in [2.24, 2.45) is 5.73 Å². The third-order valence-corrected chi connectivity index (χ3v) is 4.71. The molecule has 0 aliphatic rings. The summed E-state index contributed by atoms with van der Waals surface area (Å²) >= 11 is 0. The standard InChI is InChI=1S/C26H29NO4/c27-22(19-26(28)30-20-21-9-3-1-4-10-21)11-7-8-18-29-23-14-16-25(17-15-23)31-24-12-5-2-6-13-24/h1-6,9-10,12-17,22H,7-8,11,18-20,27H2. The van der Waals surface area contributed by atoms with Crippen LogP contribution in [0.1, 0.15) is 31.2 Å². The van der Waals surface area contributed by atoms with E-state index in [2.05, 4.69) is 0 Å². The zero-order valence-electron chi connectivity index (χ0n) is 17.6. The molecule has 0 heterocycles. The number of ether oxygens (including phenoxy) is 3. The van der Waals surface area contributed by atoms with Crippen LogP contribution in [0.3, 0.4) is 0 Å². The fourth-order valence-electron chi connectivity index (χ4n) is 3.04. The average Bonchev–Trinajstić information content (AvgIpc) is 2.80. The maximum atomic E-state index is 11.9. The van der Waals surface area contributed by atoms with Crippen LogP contribution in [0.2, 0.25) is 0 Å². The summed E-state index contributed by atoms with van der Waals surface area (Å²) in [6.45, 7) is 0.888. The van der Waals surface area contributed by atoms with Crippen LogP contribution >= 0.6 is 0 Å². The summed E-state index contributed by atoms with van der Waals surface area (Å²) in [7, 11) is 0. The molecule has 0 spiro atoms. The summed E-state index contributed by atoms with van der Waals surface area (Å²) in [5.74, 6) is 2.11. The number of rotatable bonds is 12. The Hall–Kier alpha value is -3.31. The molecule has 5 heteroatoms. The number of carbonyl (C=O) groups is 1. The Labute approximate surface area is 183 Å². The summed E-state index contributed by atoms with van der Waals surface area (Å²) in [6, 6.07) is 26.7. The molecule has 162 valence electrons. The van der Waals surface area contributed by atoms with E-state index in [1.54, 1.807) is 0 Å². The van der Waals surface area contributed by atoms with Gasteiger partial charge in [0.05, 0.1) is 13.0 Å². The number of benzene rings is 3. The lowest BCUT2D eigenvalue weighted by molar-refractivity contribution is -0.145. The van der Waals surface area contributed by atoms with Gasteiger partial charge in [0.25, 0.3) is 0 Å². The van der Waals surface area contributed by atoms with Gasteiger partial charge in [0.15, 0.2) is 0 Å². The van der Waals surface area contributed by atoms with Crippen molar-refractivity contribution in [1.82, 2.24) is 0 Å². The van der Waals surface area contributed by atoms with Crippen LogP contribution in [-0.4, -0.2) is 18.6 Å². The molecular weight excluding hydrogens is 390 g/mol. The Kier molecular flexibility index (Phi) is 8.95. The summed E-state index contributed by atoms with van der Waals surface area (Å²) in [6.07, 6.45) is 2.75. The van der Waals surface area contributed by atoms with Crippen LogP contribution in [0.25, 0.3) is 0 Å². The molecular formula is C26H29NO4. The van der Waals surface area contributed by atoms with Crippen LogP contribution < -0.4 is 15.2 Å². The van der Waals surface area contributed by atoms with E-state index in [-0.39, 0.29) is 25.0 Å². The highest BCUT2D eigenvalue weighted by atomic mass is 16.5. The Morgan fingerprint density at radius 2 is 1.39 bits per heavy atom. The molecule has 0 amide bonds. The van der Waals surface area contributed by atoms with E-state index in [1.807, 2.05) is 84.9 Å². The highest BCUT2D eigenvalue weighted by Crippen LogP contribution is 2.23. The molecule has 31 heavy (non-hydrogen) atoms. The number of hydrogen-bond donors (Lipinski definition) is 1. The monoisotopic (exact) mass is 419 g/mol. The first-order valence-electron chi connectivity index (χ1n) is 10.6. The molecule has 0 aliphatic carbocycles. The SMILES string of the molecule is NC(CCCCOc1ccc(Oc2ccccc2)cc1)CC(=O)OCc1ccccc1. The highest BCUT2D eigenvalue weighted by molar-refractivity contribution is 5.70. The predicted molar refractivity (Wildman–Crippen MR) is 121 cm³/mol. The number of nitrogens with two attached hydrogens (primary N) is 1. The lowest BCUT2D eigenvalue weighted by atomic mass is 10.1. The smallest absolute Gasteiger partial charge is 0.307 e. The normalized spacial score (nSPS) is 11.5. The number of esters is 1. The molecule has 0 saturated carbocycles. The van der Waals surface area contributed by atoms with Gasteiger partial charge in [-0.25, -0.2) is 0 Å². The average molecular weight is 420 g/mol. The molecule has 1 unspecified atom stereocenters. The zero-order chi connectivity index (χ0) is 21.7. The van der Waals surface area contributed by atoms with Crippen LogP contribution in [0, 0.1) is 0 Å². The lowest BCUT2D eigenvalue weighted by Gasteiger charge is -2.12. The van der Waals surface area contributed by atoms with E-state index in [4.69, 9.17) is 19.9 Å². The minimum absolute atomic E-state index is 0.197. The first-order chi connectivity index (χ1) is 15.2. The number of hydrogen-bond acceptors (Lipinski definition) is 5. The Balaban J connectivity index is 1.26. The third-order valence-electron chi connectivity index (χ3n) is 4.71. The van der Waals surface area contributed by atoms with Crippen molar-refractivity contribution < 1.29 is 19.0 Å². The largest absolute Gasteiger partial charge is 0.494 e. The van der Waals surface area contributed by atoms with Gasteiger partial charge in [0.1, 0.15) is 23.9 Å². The zero-order valence-corrected chi connectivity index (χ0v) is 17.6. The van der Waals surface area contributed by atoms with Crippen molar-refractivity contribution >= 4 is 5.97 Å². The van der Waals surface area contributed by atoms with Crippen LogP contribution in [0.4, 0.5) is 0 Å². The predicted octanol–water partition coefficient (Wildman–Crippen LogP) is 5.49. The summed E-state index contributed by atoms with van der Waals surface area (Å²) in [5.41, 5.74) is 7.03. The maximum absolute atomic E-state index is 11.9. The highest BCUT2D eigenvalue weighted by Gasteiger charge is 2.11. The number of carbonyl (C=O) groups excluding carboxylic acids is 1. The summed E-state index contributed by atoms with van der Waals surface area (Å²) < 4.78 is 16.8. The molecule has 5 nitrogen and oxygen atoms in total. The van der Waals surface area contributed by atoms with E-state index in [0.29, 0.717) is 6.61 Å². The van der Waals surface area contributed by atoms with E-state index < -0.39 is 0 Å². The molecule has 1 atom stereocenters. The fraction of sp³-hybridized carbons (Fsp3) is 0.269. The topological polar surface area (TPSA) is 70.8 Å². The van der Waals surface area contributed by atoms with Gasteiger partial charge in [-0.05, 0) is 61.2 Å². The van der Waals surface area contributed by atoms with Crippen molar-refractivity contribution in [2.75, 3.05) is 6.61 Å². The van der Waals surface area contributed by atoms with Crippen molar-refractivity contribution in [3.05, 3.63) is 90.5 Å². The van der Waals surface area contributed by atoms with Crippen LogP contribution in [0.15, 0.2) is 84.9 Å². The van der Waals surface area contributed by atoms with Crippen molar-refractivity contribution in [3.63, 3.8) is 0 Å². The molecule has 2 N–H and O–H groups in total. The number of para-hydroxylation sites is 1. The Bertz CT molecular complexity index is 898. The van der Waals surface area contributed by atoms with Crippen LogP contribution in [-0.2, 0) is 16.1 Å². The maximum Gasteiger partial charge on any atom is 0.307 e. The van der Waals surface area contributed by atoms with E-state index in [9.17, 15) is 4.79 Å². The molecule has 3 rings (SSSR count). The molecule has 0 aromatic heterocycles. The Morgan fingerprint density at radius 1 is 0.774 bits per heavy atom. The minimum Gasteiger partial charge on any atom is -0.494 e. The molecule has 0 saturated heterocycles.